The summed E-state index contributed by atoms with van der Waals surface area (Å²) in [5, 5.41) is 0. The molecular formula is C23H24FN10O8P2S+. The van der Waals surface area contributed by atoms with Crippen molar-refractivity contribution in [2.75, 3.05) is 25.6 Å². The molecule has 5 aromatic heterocycles. The minimum atomic E-state index is -3.87. The molecule has 8 rings (SSSR count). The van der Waals surface area contributed by atoms with Crippen molar-refractivity contribution in [3.8, 4) is 0 Å². The highest BCUT2D eigenvalue weighted by molar-refractivity contribution is 8.07. The van der Waals surface area contributed by atoms with Gasteiger partial charge in [-0.2, -0.15) is 0 Å². The molecule has 3 fully saturated rings. The second kappa shape index (κ2) is 10.9. The van der Waals surface area contributed by atoms with E-state index in [1.807, 2.05) is 4.57 Å². The SMILES string of the molecule is Nc1ncnc2c1ncn2[C@@H]1C[C@@H]2CO[P+](=O)O[C@@H]3[C@H](F)[C@@H](COP(O)(=S)OC[C@H]21)O[C@H]3n1cnc2c(=O)n3ccnc3[nH]c21. The van der Waals surface area contributed by atoms with Gasteiger partial charge in [0, 0.05) is 28.9 Å². The van der Waals surface area contributed by atoms with E-state index in [4.69, 9.17) is 40.4 Å². The summed E-state index contributed by atoms with van der Waals surface area (Å²) in [5.74, 6) is -0.0392. The number of nitrogens with two attached hydrogens (primary N) is 1. The van der Waals surface area contributed by atoms with E-state index >= 15 is 4.39 Å². The van der Waals surface area contributed by atoms with Crippen LogP contribution in [-0.2, 0) is 39.2 Å². The van der Waals surface area contributed by atoms with Gasteiger partial charge in [0.2, 0.25) is 5.78 Å². The molecule has 2 bridgehead atoms. The lowest BCUT2D eigenvalue weighted by atomic mass is 9.70. The summed E-state index contributed by atoms with van der Waals surface area (Å²) in [6, 6.07) is -0.197. The zero-order chi connectivity index (χ0) is 31.0. The number of hydrogen-bond acceptors (Lipinski definition) is 14. The fraction of sp³-hybridized carbons (Fsp3) is 0.478. The summed E-state index contributed by atoms with van der Waals surface area (Å²) in [7, 11) is -2.83. The standard InChI is InChI=1S/C23H23FN10O8P2S/c24-14-13-6-40-44(37,45)39-5-11-10(3-12(11)33-8-29-15-18(25)27-7-28-19(15)33)4-38-43(36)42-17(14)22(41-13)34-9-30-16-20(34)31-23-26-1-2-32(23)21(16)35/h1-2,7-14,17,22H,3-6H2,(H3-,25,26,27,28,31,35,37,45)/p+1/t10-,11-,12-,13-,14-,17-,22-,44?/m1/s1. The number of H-pyrrole nitrogens is 1. The van der Waals surface area contributed by atoms with Gasteiger partial charge in [-0.1, -0.05) is 0 Å². The zero-order valence-corrected chi connectivity index (χ0v) is 25.5. The van der Waals surface area contributed by atoms with Crippen LogP contribution in [0, 0.1) is 11.8 Å². The van der Waals surface area contributed by atoms with Crippen LogP contribution in [-0.4, -0.2) is 86.5 Å². The van der Waals surface area contributed by atoms with Crippen molar-refractivity contribution in [3.05, 3.63) is 41.7 Å². The minimum absolute atomic E-state index is 0.0313. The third kappa shape index (κ3) is 4.88. The van der Waals surface area contributed by atoms with Crippen LogP contribution in [0.1, 0.15) is 18.7 Å². The summed E-state index contributed by atoms with van der Waals surface area (Å²) >= 11 is 5.24. The first-order chi connectivity index (χ1) is 21.7. The van der Waals surface area contributed by atoms with Crippen LogP contribution in [0.15, 0.2) is 36.2 Å². The fourth-order valence-electron chi connectivity index (χ4n) is 6.10. The Labute approximate surface area is 256 Å². The second-order valence-corrected chi connectivity index (χ2v) is 14.6. The maximum Gasteiger partial charge on any atom is 0.697 e. The van der Waals surface area contributed by atoms with E-state index in [0.29, 0.717) is 17.6 Å². The molecule has 0 radical (unpaired) electrons. The van der Waals surface area contributed by atoms with Crippen LogP contribution in [0.2, 0.25) is 0 Å². The zero-order valence-electron chi connectivity index (χ0n) is 22.9. The number of ether oxygens (including phenoxy) is 1. The highest BCUT2D eigenvalue weighted by atomic mass is 32.5. The predicted molar refractivity (Wildman–Crippen MR) is 155 cm³/mol. The average Bonchev–Trinajstić information content (AvgIpc) is 3.79. The molecule has 7 heterocycles. The van der Waals surface area contributed by atoms with Crippen molar-refractivity contribution < 1.29 is 36.7 Å². The predicted octanol–water partition coefficient (Wildman–Crippen LogP) is 1.53. The number of imidazole rings is 3. The number of hydrogen-bond donors (Lipinski definition) is 3. The number of alkyl halides is 1. The number of anilines is 1. The van der Waals surface area contributed by atoms with Crippen LogP contribution >= 0.6 is 15.0 Å². The monoisotopic (exact) mass is 681 g/mol. The molecule has 1 aliphatic carbocycles. The van der Waals surface area contributed by atoms with E-state index in [-0.39, 0.29) is 53.9 Å². The quantitative estimate of drug-likeness (QED) is 0.225. The number of aromatic amines is 1. The number of nitrogens with one attached hydrogen (secondary N) is 1. The molecule has 1 saturated carbocycles. The normalized spacial score (nSPS) is 33.7. The van der Waals surface area contributed by atoms with Crippen molar-refractivity contribution in [1.82, 2.24) is 43.4 Å². The first kappa shape index (κ1) is 29.1. The molecule has 2 saturated heterocycles. The number of halogens is 1. The summed E-state index contributed by atoms with van der Waals surface area (Å²) in [5.41, 5.74) is 6.67. The van der Waals surface area contributed by atoms with Gasteiger partial charge in [-0.05, 0) is 24.1 Å². The molecule has 45 heavy (non-hydrogen) atoms. The van der Waals surface area contributed by atoms with Crippen molar-refractivity contribution >= 4 is 60.7 Å². The van der Waals surface area contributed by atoms with E-state index in [9.17, 15) is 14.3 Å². The first-order valence-electron chi connectivity index (χ1n) is 13.7. The molecule has 9 atom stereocenters. The molecule has 4 N–H and O–H groups in total. The van der Waals surface area contributed by atoms with E-state index in [1.54, 1.807) is 6.33 Å². The van der Waals surface area contributed by atoms with Crippen LogP contribution in [0.25, 0.3) is 28.1 Å². The van der Waals surface area contributed by atoms with E-state index in [2.05, 4.69) is 29.9 Å². The molecule has 5 aromatic rings. The van der Waals surface area contributed by atoms with Crippen LogP contribution in [0.3, 0.4) is 0 Å². The van der Waals surface area contributed by atoms with Crippen LogP contribution in [0.4, 0.5) is 10.2 Å². The van der Waals surface area contributed by atoms with Gasteiger partial charge in [0.1, 0.15) is 30.2 Å². The Kier molecular flexibility index (Phi) is 7.05. The lowest BCUT2D eigenvalue weighted by molar-refractivity contribution is -0.0445. The maximum absolute atomic E-state index is 15.9. The lowest BCUT2D eigenvalue weighted by Gasteiger charge is -2.44. The molecule has 18 nitrogen and oxygen atoms in total. The fourth-order valence-corrected chi connectivity index (χ4v) is 8.03. The summed E-state index contributed by atoms with van der Waals surface area (Å²) in [6.07, 6.45) is 1.70. The molecule has 3 aliphatic rings. The van der Waals surface area contributed by atoms with E-state index in [0.717, 1.165) is 0 Å². The van der Waals surface area contributed by atoms with Gasteiger partial charge in [-0.15, -0.1) is 9.05 Å². The first-order valence-corrected chi connectivity index (χ1v) is 17.4. The number of nitrogens with zero attached hydrogens (tertiary/aromatic N) is 8. The number of fused-ring (bicyclic) bond motifs is 6. The van der Waals surface area contributed by atoms with Gasteiger partial charge in [0.15, 0.2) is 35.5 Å². The number of rotatable bonds is 2. The minimum Gasteiger partial charge on any atom is -0.382 e. The van der Waals surface area contributed by atoms with E-state index < -0.39 is 51.7 Å². The molecule has 22 heteroatoms. The number of nitrogen functional groups attached to an aromatic ring is 1. The highest BCUT2D eigenvalue weighted by Gasteiger charge is 2.54. The highest BCUT2D eigenvalue weighted by Crippen LogP contribution is 2.52. The lowest BCUT2D eigenvalue weighted by Crippen LogP contribution is -2.43. The second-order valence-electron chi connectivity index (χ2n) is 10.9. The Morgan fingerprint density at radius 1 is 1.11 bits per heavy atom. The molecule has 0 amide bonds. The Morgan fingerprint density at radius 3 is 2.78 bits per heavy atom. The Balaban J connectivity index is 1.08. The molecule has 2 aliphatic heterocycles. The molecule has 2 unspecified atom stereocenters. The van der Waals surface area contributed by atoms with Gasteiger partial charge in [-0.3, -0.25) is 9.36 Å². The van der Waals surface area contributed by atoms with Gasteiger partial charge < -0.3 is 34.0 Å². The Hall–Kier alpha value is -3.32. The third-order valence-electron chi connectivity index (χ3n) is 8.45. The summed E-state index contributed by atoms with van der Waals surface area (Å²) in [6.45, 7) is -4.45. The van der Waals surface area contributed by atoms with Gasteiger partial charge in [0.25, 0.3) is 5.56 Å². The van der Waals surface area contributed by atoms with Gasteiger partial charge in [-0.25, -0.2) is 33.7 Å². The molecule has 0 spiro atoms. The largest absolute Gasteiger partial charge is 0.697 e. The molecule has 236 valence electrons. The topological polar surface area (TPSA) is 221 Å². The Bertz CT molecular complexity index is 2070. The number of aromatic nitrogens is 9. The molecular weight excluding hydrogens is 657 g/mol. The van der Waals surface area contributed by atoms with Crippen molar-refractivity contribution in [2.24, 2.45) is 11.8 Å². The van der Waals surface area contributed by atoms with Crippen LogP contribution in [0.5, 0.6) is 0 Å². The van der Waals surface area contributed by atoms with E-state index in [1.165, 1.54) is 34.0 Å². The van der Waals surface area contributed by atoms with Crippen molar-refractivity contribution in [3.63, 3.8) is 0 Å². The summed E-state index contributed by atoms with van der Waals surface area (Å²) < 4.78 is 61.8. The maximum atomic E-state index is 15.9. The van der Waals surface area contributed by atoms with Crippen molar-refractivity contribution in [1.29, 1.82) is 0 Å². The Morgan fingerprint density at radius 2 is 1.91 bits per heavy atom. The average molecular weight is 682 g/mol. The van der Waals surface area contributed by atoms with Gasteiger partial charge >= 0.3 is 15.0 Å². The third-order valence-corrected chi connectivity index (χ3v) is 10.8. The smallest absolute Gasteiger partial charge is 0.382 e. The van der Waals surface area contributed by atoms with Crippen molar-refractivity contribution in [2.45, 2.75) is 37.1 Å². The van der Waals surface area contributed by atoms with Gasteiger partial charge in [0.05, 0.1) is 25.9 Å². The molecule has 0 aromatic carbocycles. The summed E-state index contributed by atoms with van der Waals surface area (Å²) in [4.78, 5) is 47.6. The van der Waals surface area contributed by atoms with Crippen LogP contribution < -0.4 is 11.3 Å².